The molecule has 8 aliphatic rings. The lowest BCUT2D eigenvalue weighted by Gasteiger charge is -2.71. The number of hydrogen-bond acceptors (Lipinski definition) is 17. The van der Waals surface area contributed by atoms with Gasteiger partial charge in [-0.1, -0.05) is 46.3 Å². The van der Waals surface area contributed by atoms with E-state index in [1.165, 1.54) is 0 Å². The molecule has 3 heterocycles. The molecular weight excluding hydrogens is 828 g/mol. The maximum Gasteiger partial charge on any atom is 0.312 e. The van der Waals surface area contributed by atoms with E-state index in [2.05, 4.69) is 33.8 Å². The van der Waals surface area contributed by atoms with Crippen LogP contribution in [-0.2, 0) is 38.0 Å². The van der Waals surface area contributed by atoms with Crippen LogP contribution in [0.25, 0.3) is 0 Å². The highest BCUT2D eigenvalue weighted by Gasteiger charge is 2.71. The van der Waals surface area contributed by atoms with Crippen molar-refractivity contribution in [2.24, 2.45) is 50.7 Å². The normalized spacial score (nSPS) is 55.9. The van der Waals surface area contributed by atoms with Crippen molar-refractivity contribution in [3.63, 3.8) is 0 Å². The summed E-state index contributed by atoms with van der Waals surface area (Å²) in [6.45, 7) is 9.23. The number of aldehydes is 1. The van der Waals surface area contributed by atoms with E-state index in [4.69, 9.17) is 28.4 Å². The second-order valence-corrected chi connectivity index (χ2v) is 21.4. The molecule has 3 saturated heterocycles. The largest absolute Gasteiger partial charge is 0.481 e. The third-order valence-corrected chi connectivity index (χ3v) is 18.3. The number of rotatable bonds is 9. The van der Waals surface area contributed by atoms with Crippen molar-refractivity contribution < 1.29 is 89.1 Å². The van der Waals surface area contributed by atoms with Crippen LogP contribution in [0.15, 0.2) is 11.6 Å². The number of ether oxygens (including phenoxy) is 6. The van der Waals surface area contributed by atoms with E-state index in [9.17, 15) is 60.7 Å². The van der Waals surface area contributed by atoms with Crippen LogP contribution in [0.2, 0.25) is 0 Å². The molecule has 0 aromatic carbocycles. The van der Waals surface area contributed by atoms with Crippen molar-refractivity contribution in [3.8, 4) is 0 Å². The van der Waals surface area contributed by atoms with E-state index < -0.39 is 140 Å². The molecule has 18 heteroatoms. The molecule has 24 atom stereocenters. The summed E-state index contributed by atoms with van der Waals surface area (Å²) >= 11 is 0. The minimum absolute atomic E-state index is 0.0696. The fraction of sp³-hybridized carbons (Fsp3) is 0.911. The zero-order chi connectivity index (χ0) is 45.8. The monoisotopic (exact) mass is 898 g/mol. The summed E-state index contributed by atoms with van der Waals surface area (Å²) in [5, 5.41) is 107. The van der Waals surface area contributed by atoms with Crippen molar-refractivity contribution in [1.29, 1.82) is 0 Å². The molecule has 5 aliphatic carbocycles. The van der Waals surface area contributed by atoms with Crippen LogP contribution in [0.5, 0.6) is 0 Å². The zero-order valence-corrected chi connectivity index (χ0v) is 36.8. The van der Waals surface area contributed by atoms with Gasteiger partial charge in [-0.25, -0.2) is 0 Å². The minimum atomic E-state index is -1.87. The topological polar surface area (TPSA) is 292 Å². The molecule has 8 rings (SSSR count). The van der Waals surface area contributed by atoms with E-state index in [-0.39, 0.29) is 23.2 Å². The van der Waals surface area contributed by atoms with Crippen molar-refractivity contribution in [2.45, 2.75) is 185 Å². The summed E-state index contributed by atoms with van der Waals surface area (Å²) in [6, 6.07) is 0. The maximum atomic E-state index is 13.7. The van der Waals surface area contributed by atoms with E-state index in [1.807, 2.05) is 6.92 Å². The molecule has 0 bridgehead atoms. The molecule has 10 N–H and O–H groups in total. The summed E-state index contributed by atoms with van der Waals surface area (Å²) in [7, 11) is 0. The number of carboxylic acid groups (broad SMARTS) is 1. The standard InChI is InChI=1S/C45H70O18/c1-20-8-13-45(40(56)57)22(14-20)21-6-7-27-41(2)11-10-29(42(3,19-47)26(41)9-12-43(27,4)44(21,5)15-28(45)50)61-39-36(63-38-34(55)32(53)31(52)25(16-46)60-38)35(24(49)18-59-39)62-37-33(54)30(51)23(48)17-58-37/h6,19-20,22-39,46,48-55H,7-18H2,1-5H3,(H,56,57)/t20-,22?,23-,24-,25?,26-,27?,28?,29+,30+,31+,32+,33?,34?,35+,36?,37+,38+,39+,41?,42-,43+,44-,45-/m1/s1. The molecule has 358 valence electrons. The zero-order valence-electron chi connectivity index (χ0n) is 36.8. The Balaban J connectivity index is 1.09. The molecular formula is C45H70O18. The number of carbonyl (C=O) groups is 2. The SMILES string of the molecule is C[C@@H]1CC[C@]2(C(=O)O)C(O)C[C@]3(C)C(=CCC4C5(C)CC[C@H](O[C@@H]6OC[C@@H](O)[C@H](O[C@@H]7OC[C@@H](O)[C@H](O)C7O)C6O[C@@H]6OC(CO)[C@H](O)[C@H](O)C6O)[C@](C)(C=O)[C@@H]5CC[C@@]43C)C2C1. The average molecular weight is 899 g/mol. The van der Waals surface area contributed by atoms with Gasteiger partial charge in [0, 0.05) is 0 Å². The van der Waals surface area contributed by atoms with Crippen LogP contribution < -0.4 is 0 Å². The molecule has 4 saturated carbocycles. The lowest BCUT2D eigenvalue weighted by atomic mass is 9.33. The quantitative estimate of drug-likeness (QED) is 0.0811. The predicted molar refractivity (Wildman–Crippen MR) is 216 cm³/mol. The second kappa shape index (κ2) is 17.1. The summed E-state index contributed by atoms with van der Waals surface area (Å²) in [6.07, 6.45) is -14.2. The van der Waals surface area contributed by atoms with E-state index in [0.717, 1.165) is 18.3 Å². The number of carboxylic acids is 1. The first-order chi connectivity index (χ1) is 29.6. The molecule has 0 aromatic rings. The molecule has 0 radical (unpaired) electrons. The number of fused-ring (bicyclic) bond motifs is 7. The Labute approximate surface area is 367 Å². The Morgan fingerprint density at radius 2 is 1.44 bits per heavy atom. The Hall–Kier alpha value is -1.72. The number of allylic oxidation sites excluding steroid dienone is 2. The molecule has 7 fully saturated rings. The van der Waals surface area contributed by atoms with Crippen LogP contribution in [0.4, 0.5) is 0 Å². The smallest absolute Gasteiger partial charge is 0.312 e. The molecule has 0 aromatic heterocycles. The van der Waals surface area contributed by atoms with Crippen LogP contribution in [0.1, 0.15) is 92.4 Å². The van der Waals surface area contributed by atoms with Crippen molar-refractivity contribution in [2.75, 3.05) is 19.8 Å². The number of aliphatic hydroxyl groups excluding tert-OH is 9. The van der Waals surface area contributed by atoms with Gasteiger partial charge < -0.3 is 84.3 Å². The number of aliphatic carboxylic acids is 1. The second-order valence-electron chi connectivity index (χ2n) is 21.4. The predicted octanol–water partition coefficient (Wildman–Crippen LogP) is -0.256. The van der Waals surface area contributed by atoms with Gasteiger partial charge in [0.25, 0.3) is 0 Å². The number of aliphatic hydroxyl groups is 9. The maximum absolute atomic E-state index is 13.7. The summed E-state index contributed by atoms with van der Waals surface area (Å²) in [5.41, 5.74) is -2.39. The Kier molecular flexibility index (Phi) is 13.0. The lowest BCUT2D eigenvalue weighted by Crippen LogP contribution is -2.68. The van der Waals surface area contributed by atoms with Gasteiger partial charge >= 0.3 is 5.97 Å². The van der Waals surface area contributed by atoms with Crippen molar-refractivity contribution >= 4 is 12.3 Å². The van der Waals surface area contributed by atoms with Gasteiger partial charge in [-0.3, -0.25) is 4.79 Å². The number of hydrogen-bond donors (Lipinski definition) is 10. The van der Waals surface area contributed by atoms with Crippen LogP contribution >= 0.6 is 0 Å². The van der Waals surface area contributed by atoms with Gasteiger partial charge in [-0.05, 0) is 97.7 Å². The molecule has 0 amide bonds. The lowest BCUT2D eigenvalue weighted by molar-refractivity contribution is -0.384. The van der Waals surface area contributed by atoms with Crippen LogP contribution in [-0.4, -0.2) is 175 Å². The molecule has 3 aliphatic heterocycles. The highest BCUT2D eigenvalue weighted by atomic mass is 16.8. The van der Waals surface area contributed by atoms with E-state index >= 15 is 0 Å². The Morgan fingerprint density at radius 3 is 2.13 bits per heavy atom. The van der Waals surface area contributed by atoms with Crippen molar-refractivity contribution in [3.05, 3.63) is 11.6 Å². The van der Waals surface area contributed by atoms with E-state index in [0.29, 0.717) is 57.3 Å². The first-order valence-electron chi connectivity index (χ1n) is 22.9. The van der Waals surface area contributed by atoms with Gasteiger partial charge in [-0.15, -0.1) is 0 Å². The highest BCUT2D eigenvalue weighted by Crippen LogP contribution is 2.75. The highest BCUT2D eigenvalue weighted by molar-refractivity contribution is 5.77. The Morgan fingerprint density at radius 1 is 0.778 bits per heavy atom. The molecule has 8 unspecified atom stereocenters. The van der Waals surface area contributed by atoms with E-state index in [1.54, 1.807) is 0 Å². The number of carbonyl (C=O) groups excluding carboxylic acids is 1. The molecule has 0 spiro atoms. The third-order valence-electron chi connectivity index (χ3n) is 18.3. The fourth-order valence-electron chi connectivity index (χ4n) is 14.4. The van der Waals surface area contributed by atoms with Crippen LogP contribution in [0, 0.1) is 50.7 Å². The van der Waals surface area contributed by atoms with Gasteiger partial charge in [0.15, 0.2) is 18.9 Å². The fourth-order valence-corrected chi connectivity index (χ4v) is 14.4. The summed E-state index contributed by atoms with van der Waals surface area (Å²) < 4.78 is 36.3. The first-order valence-corrected chi connectivity index (χ1v) is 22.9. The minimum Gasteiger partial charge on any atom is -0.481 e. The molecule has 63 heavy (non-hydrogen) atoms. The van der Waals surface area contributed by atoms with Gasteiger partial charge in [0.05, 0.1) is 37.4 Å². The first kappa shape index (κ1) is 47.8. The summed E-state index contributed by atoms with van der Waals surface area (Å²) in [5.74, 6) is -1.00. The molecule has 18 nitrogen and oxygen atoms in total. The average Bonchev–Trinajstić information content (AvgIpc) is 3.24. The van der Waals surface area contributed by atoms with Gasteiger partial charge in [-0.2, -0.15) is 0 Å². The van der Waals surface area contributed by atoms with Gasteiger partial charge in [0.1, 0.15) is 72.7 Å². The van der Waals surface area contributed by atoms with Gasteiger partial charge in [0.2, 0.25) is 0 Å². The van der Waals surface area contributed by atoms with Crippen LogP contribution in [0.3, 0.4) is 0 Å². The third kappa shape index (κ3) is 7.23. The Bertz CT molecular complexity index is 1730. The van der Waals surface area contributed by atoms with Crippen molar-refractivity contribution in [1.82, 2.24) is 0 Å². The summed E-state index contributed by atoms with van der Waals surface area (Å²) in [4.78, 5) is 26.8.